The van der Waals surface area contributed by atoms with Crippen LogP contribution in [0, 0.1) is 0 Å². The van der Waals surface area contributed by atoms with Gasteiger partial charge in [-0.05, 0) is 53.4 Å². The summed E-state index contributed by atoms with van der Waals surface area (Å²) in [5.41, 5.74) is 3.45. The molecule has 0 amide bonds. The molecule has 0 spiro atoms. The fraction of sp³-hybridized carbons (Fsp3) is 0.500. The molecule has 0 aliphatic carbocycles. The average molecular weight is 458 g/mol. The van der Waals surface area contributed by atoms with Crippen LogP contribution in [0.4, 0.5) is 0 Å². The van der Waals surface area contributed by atoms with Crippen molar-refractivity contribution < 1.29 is 41.9 Å². The third-order valence-corrected chi connectivity index (χ3v) is 7.19. The molecule has 0 saturated heterocycles. The molecule has 9 nitrogen and oxygen atoms in total. The van der Waals surface area contributed by atoms with Crippen molar-refractivity contribution >= 4 is 23.2 Å². The second kappa shape index (κ2) is 12.2. The zero-order valence-corrected chi connectivity index (χ0v) is 19.1. The molecule has 0 radical (unpaired) electrons. The second-order valence-corrected chi connectivity index (χ2v) is 11.1. The van der Waals surface area contributed by atoms with Gasteiger partial charge >= 0.3 is 23.2 Å². The molecule has 2 atom stereocenters. The molecule has 0 aromatic carbocycles. The van der Waals surface area contributed by atoms with Gasteiger partial charge in [0.05, 0.1) is 0 Å². The minimum Gasteiger partial charge on any atom is -0.321 e. The fourth-order valence-electron chi connectivity index (χ4n) is 1.96. The van der Waals surface area contributed by atoms with Gasteiger partial charge in [-0.15, -0.1) is 0 Å². The summed E-state index contributed by atoms with van der Waals surface area (Å²) >= 11 is 0. The van der Waals surface area contributed by atoms with Gasteiger partial charge in [0.15, 0.2) is 0 Å². The molecule has 162 valence electrons. The first-order chi connectivity index (χ1) is 12.6. The van der Waals surface area contributed by atoms with Crippen LogP contribution in [0.5, 0.6) is 0 Å². The van der Waals surface area contributed by atoms with Gasteiger partial charge in [-0.2, -0.15) is 4.31 Å². The van der Waals surface area contributed by atoms with Gasteiger partial charge in [0.1, 0.15) is 0 Å². The van der Waals surface area contributed by atoms with Crippen LogP contribution in [0.15, 0.2) is 46.8 Å². The first-order valence-electron chi connectivity index (χ1n) is 8.39. The van der Waals surface area contributed by atoms with E-state index in [9.17, 15) is 18.6 Å². The molecule has 0 aromatic rings. The highest BCUT2D eigenvalue weighted by Gasteiger charge is 2.38. The summed E-state index contributed by atoms with van der Waals surface area (Å²) in [6, 6.07) is 0. The topological polar surface area (TPSA) is 151 Å². The van der Waals surface area contributed by atoms with Crippen molar-refractivity contribution in [2.75, 3.05) is 0 Å². The quantitative estimate of drug-likeness (QED) is 0.173. The molecule has 0 saturated carbocycles. The molecule has 0 rings (SSSR count). The van der Waals surface area contributed by atoms with Gasteiger partial charge in [0.2, 0.25) is 0 Å². The van der Waals surface area contributed by atoms with Gasteiger partial charge in [0, 0.05) is 5.82 Å². The summed E-state index contributed by atoms with van der Waals surface area (Å²) < 4.78 is 40.9. The first-order valence-corrected chi connectivity index (χ1v) is 13.1. The Balaban J connectivity index is 4.62. The van der Waals surface area contributed by atoms with E-state index in [0.717, 1.165) is 24.8 Å². The minimum atomic E-state index is -5.40. The maximum absolute atomic E-state index is 11.7. The van der Waals surface area contributed by atoms with E-state index in [1.807, 2.05) is 6.92 Å². The molecule has 0 bridgehead atoms. The summed E-state index contributed by atoms with van der Waals surface area (Å²) in [5.74, 6) is 0.628. The third-order valence-electron chi connectivity index (χ3n) is 3.21. The van der Waals surface area contributed by atoms with E-state index in [4.69, 9.17) is 14.7 Å². The lowest BCUT2D eigenvalue weighted by Crippen LogP contribution is -1.91. The van der Waals surface area contributed by atoms with Gasteiger partial charge in [-0.1, -0.05) is 41.0 Å². The normalized spacial score (nSPS) is 18.0. The molecule has 0 fully saturated rings. The molecular formula is C16H29O9P3. The van der Waals surface area contributed by atoms with E-state index in [2.05, 4.69) is 41.5 Å². The Hall–Kier alpha value is -0.590. The van der Waals surface area contributed by atoms with Crippen molar-refractivity contribution in [1.29, 1.82) is 0 Å². The zero-order valence-electron chi connectivity index (χ0n) is 16.4. The number of rotatable bonds is 12. The lowest BCUT2D eigenvalue weighted by Gasteiger charge is -2.13. The molecule has 0 aliphatic heterocycles. The Morgan fingerprint density at radius 1 is 0.821 bits per heavy atom. The van der Waals surface area contributed by atoms with Crippen LogP contribution < -0.4 is 0 Å². The summed E-state index contributed by atoms with van der Waals surface area (Å²) in [6.07, 6.45) is 10.5. The number of hydrogen-bond acceptors (Lipinski definition) is 5. The predicted molar refractivity (Wildman–Crippen MR) is 108 cm³/mol. The van der Waals surface area contributed by atoms with E-state index in [1.165, 1.54) is 23.3 Å². The molecule has 0 aliphatic rings. The maximum atomic E-state index is 11.7. The molecule has 28 heavy (non-hydrogen) atoms. The Morgan fingerprint density at radius 3 is 1.89 bits per heavy atom. The van der Waals surface area contributed by atoms with Crippen LogP contribution in [0.2, 0.25) is 0 Å². The number of allylic oxidation sites excluding steroid dienone is 7. The van der Waals surface area contributed by atoms with Crippen LogP contribution in [0.3, 0.4) is 0 Å². The van der Waals surface area contributed by atoms with E-state index in [-0.39, 0.29) is 0 Å². The Labute approximate surface area is 165 Å². The van der Waals surface area contributed by atoms with Gasteiger partial charge in [-0.25, -0.2) is 13.4 Å². The highest BCUT2D eigenvalue weighted by molar-refractivity contribution is 7.69. The summed E-state index contributed by atoms with van der Waals surface area (Å²) in [5, 5.41) is 0. The molecule has 0 aromatic heterocycles. The van der Waals surface area contributed by atoms with Crippen molar-refractivity contribution in [3.63, 3.8) is 0 Å². The van der Waals surface area contributed by atoms with E-state index >= 15 is 0 Å². The van der Waals surface area contributed by atoms with Crippen LogP contribution in [-0.4, -0.2) is 19.6 Å². The first kappa shape index (κ1) is 27.4. The minimum absolute atomic E-state index is 0.628. The lowest BCUT2D eigenvalue weighted by atomic mass is 10.1. The van der Waals surface area contributed by atoms with Crippen molar-refractivity contribution in [3.05, 3.63) is 46.8 Å². The highest BCUT2D eigenvalue weighted by atomic mass is 31.3. The number of hydrogen-bond donors (Lipinski definition) is 4. The zero-order chi connectivity index (χ0) is 22.0. The van der Waals surface area contributed by atoms with Crippen LogP contribution in [-0.2, 0) is 22.3 Å². The third kappa shape index (κ3) is 16.4. The fourth-order valence-corrected chi connectivity index (χ4v) is 5.13. The van der Waals surface area contributed by atoms with Crippen molar-refractivity contribution in [1.82, 2.24) is 0 Å². The van der Waals surface area contributed by atoms with Crippen LogP contribution >= 0.6 is 23.2 Å². The molecule has 0 heterocycles. The highest BCUT2D eigenvalue weighted by Crippen LogP contribution is 2.66. The second-order valence-electron chi connectivity index (χ2n) is 6.45. The Morgan fingerprint density at radius 2 is 1.36 bits per heavy atom. The number of phosphoric acid groups is 2. The van der Waals surface area contributed by atoms with Crippen molar-refractivity contribution in [3.8, 4) is 0 Å². The summed E-state index contributed by atoms with van der Waals surface area (Å²) in [7, 11) is -15.5. The summed E-state index contributed by atoms with van der Waals surface area (Å²) in [6.45, 7) is 7.99. The predicted octanol–water partition coefficient (Wildman–Crippen LogP) is 5.33. The maximum Gasteiger partial charge on any atom is 0.488 e. The van der Waals surface area contributed by atoms with Crippen LogP contribution in [0.1, 0.15) is 53.4 Å². The largest absolute Gasteiger partial charge is 0.488 e. The standard InChI is InChI=1S/C16H29O9P3/c1-14(2)8-5-9-15(3)10-6-11-16(4)12-7-13-26(17,18)24-28(22,23)25-27(19,20)21/h7-8,10,12-13H,5-6,9,11H2,1-4H3,(H,17,18)(H,22,23)(H2,19,20,21)/b13-7+,15-10+,16-12+. The monoisotopic (exact) mass is 458 g/mol. The smallest absolute Gasteiger partial charge is 0.321 e. The van der Waals surface area contributed by atoms with E-state index in [1.54, 1.807) is 0 Å². The average Bonchev–Trinajstić information content (AvgIpc) is 2.42. The molecule has 12 heteroatoms. The molecular weight excluding hydrogens is 429 g/mol. The lowest BCUT2D eigenvalue weighted by molar-refractivity contribution is 0.224. The Bertz CT molecular complexity index is 770. The van der Waals surface area contributed by atoms with Gasteiger partial charge in [-0.3, -0.25) is 4.57 Å². The van der Waals surface area contributed by atoms with Crippen LogP contribution in [0.25, 0.3) is 0 Å². The summed E-state index contributed by atoms with van der Waals surface area (Å²) in [4.78, 5) is 35.5. The van der Waals surface area contributed by atoms with E-state index in [0.29, 0.717) is 12.2 Å². The SMILES string of the molecule is CC(C)=CCC/C(C)=C/CC/C(C)=C/C=C/P(=O)(O)OP(=O)(O)OP(=O)(O)O. The van der Waals surface area contributed by atoms with Gasteiger partial charge < -0.3 is 19.6 Å². The van der Waals surface area contributed by atoms with Gasteiger partial charge in [0.25, 0.3) is 0 Å². The van der Waals surface area contributed by atoms with E-state index < -0.39 is 23.2 Å². The van der Waals surface area contributed by atoms with Crippen molar-refractivity contribution in [2.24, 2.45) is 0 Å². The van der Waals surface area contributed by atoms with Crippen molar-refractivity contribution in [2.45, 2.75) is 53.4 Å². The molecule has 2 unspecified atom stereocenters. The molecule has 4 N–H and O–H groups in total. The Kier molecular flexibility index (Phi) is 11.9.